The fraction of sp³-hybridized carbons (Fsp3) is 0.222. The molecule has 0 aliphatic heterocycles. The molecule has 0 bridgehead atoms. The number of benzene rings is 3. The highest BCUT2D eigenvalue weighted by molar-refractivity contribution is 5.90. The molecule has 3 rings (SSSR count). The Bertz CT molecular complexity index is 1020. The summed E-state index contributed by atoms with van der Waals surface area (Å²) in [6, 6.07) is 22.9. The average Bonchev–Trinajstić information content (AvgIpc) is 2.79. The molecule has 0 amide bonds. The van der Waals surface area contributed by atoms with Crippen LogP contribution in [0.3, 0.4) is 0 Å². The van der Waals surface area contributed by atoms with Crippen molar-refractivity contribution in [3.63, 3.8) is 0 Å². The summed E-state index contributed by atoms with van der Waals surface area (Å²) in [4.78, 5) is 12.4. The normalized spacial score (nSPS) is 11.0. The van der Waals surface area contributed by atoms with Crippen LogP contribution in [0.15, 0.2) is 78.9 Å². The van der Waals surface area contributed by atoms with E-state index in [2.05, 4.69) is 13.8 Å². The second-order valence-corrected chi connectivity index (χ2v) is 7.56. The molecule has 3 aromatic rings. The SMILES string of the molecule is COc1cc(/C=C/C(=O)Oc2ccccc2-c2ccccc2)ccc1OCCC(C)C. The van der Waals surface area contributed by atoms with E-state index in [1.807, 2.05) is 66.7 Å². The largest absolute Gasteiger partial charge is 0.493 e. The van der Waals surface area contributed by atoms with Crippen molar-refractivity contribution in [2.45, 2.75) is 20.3 Å². The number of esters is 1. The van der Waals surface area contributed by atoms with Gasteiger partial charge in [0.15, 0.2) is 11.5 Å². The van der Waals surface area contributed by atoms with Gasteiger partial charge in [0.1, 0.15) is 5.75 Å². The molecule has 0 spiro atoms. The zero-order valence-corrected chi connectivity index (χ0v) is 18.2. The molecule has 0 fully saturated rings. The first-order chi connectivity index (χ1) is 15.1. The van der Waals surface area contributed by atoms with Crippen molar-refractivity contribution in [1.29, 1.82) is 0 Å². The third-order valence-corrected chi connectivity index (χ3v) is 4.73. The second-order valence-electron chi connectivity index (χ2n) is 7.56. The number of hydrogen-bond donors (Lipinski definition) is 0. The van der Waals surface area contributed by atoms with Crippen molar-refractivity contribution in [3.8, 4) is 28.4 Å². The lowest BCUT2D eigenvalue weighted by Gasteiger charge is -2.12. The quantitative estimate of drug-likeness (QED) is 0.230. The number of rotatable bonds is 9. The van der Waals surface area contributed by atoms with Crippen LogP contribution in [-0.4, -0.2) is 19.7 Å². The Balaban J connectivity index is 1.68. The monoisotopic (exact) mass is 416 g/mol. The van der Waals surface area contributed by atoms with Crippen molar-refractivity contribution < 1.29 is 19.0 Å². The highest BCUT2D eigenvalue weighted by Crippen LogP contribution is 2.30. The van der Waals surface area contributed by atoms with E-state index in [0.717, 1.165) is 23.1 Å². The molecule has 4 heteroatoms. The van der Waals surface area contributed by atoms with Crippen LogP contribution in [0.2, 0.25) is 0 Å². The van der Waals surface area contributed by atoms with Crippen LogP contribution in [0.5, 0.6) is 17.2 Å². The lowest BCUT2D eigenvalue weighted by atomic mass is 10.1. The van der Waals surface area contributed by atoms with Gasteiger partial charge in [-0.2, -0.15) is 0 Å². The van der Waals surface area contributed by atoms with Crippen molar-refractivity contribution in [2.75, 3.05) is 13.7 Å². The number of methoxy groups -OCH3 is 1. The number of carbonyl (C=O) groups excluding carboxylic acids is 1. The molecular weight excluding hydrogens is 388 g/mol. The van der Waals surface area contributed by atoms with Crippen LogP contribution in [-0.2, 0) is 4.79 Å². The Kier molecular flexibility index (Phi) is 7.88. The molecule has 0 unspecified atom stereocenters. The van der Waals surface area contributed by atoms with E-state index in [-0.39, 0.29) is 0 Å². The first-order valence-electron chi connectivity index (χ1n) is 10.4. The summed E-state index contributed by atoms with van der Waals surface area (Å²) in [7, 11) is 1.60. The van der Waals surface area contributed by atoms with Gasteiger partial charge < -0.3 is 14.2 Å². The molecule has 4 nitrogen and oxygen atoms in total. The zero-order chi connectivity index (χ0) is 22.1. The Hall–Kier alpha value is -3.53. The first kappa shape index (κ1) is 22.2. The van der Waals surface area contributed by atoms with E-state index >= 15 is 0 Å². The molecule has 0 atom stereocenters. The molecule has 0 saturated carbocycles. The molecule has 0 N–H and O–H groups in total. The van der Waals surface area contributed by atoms with Crippen molar-refractivity contribution in [3.05, 3.63) is 84.4 Å². The van der Waals surface area contributed by atoms with Crippen LogP contribution in [0.25, 0.3) is 17.2 Å². The fourth-order valence-corrected chi connectivity index (χ4v) is 3.03. The van der Waals surface area contributed by atoms with Crippen LogP contribution >= 0.6 is 0 Å². The second kappa shape index (κ2) is 11.0. The van der Waals surface area contributed by atoms with Crippen molar-refractivity contribution >= 4 is 12.0 Å². The van der Waals surface area contributed by atoms with Crippen LogP contribution in [0.1, 0.15) is 25.8 Å². The topological polar surface area (TPSA) is 44.8 Å². The Labute approximate surface area is 184 Å². The molecule has 0 saturated heterocycles. The Morgan fingerprint density at radius 3 is 2.39 bits per heavy atom. The van der Waals surface area contributed by atoms with Gasteiger partial charge in [0.05, 0.1) is 13.7 Å². The van der Waals surface area contributed by atoms with E-state index < -0.39 is 5.97 Å². The minimum absolute atomic E-state index is 0.445. The summed E-state index contributed by atoms with van der Waals surface area (Å²) in [5.41, 5.74) is 2.68. The number of hydrogen-bond acceptors (Lipinski definition) is 4. The van der Waals surface area contributed by atoms with Gasteiger partial charge in [0, 0.05) is 11.6 Å². The molecule has 0 aromatic heterocycles. The maximum Gasteiger partial charge on any atom is 0.336 e. The van der Waals surface area contributed by atoms with E-state index in [9.17, 15) is 4.79 Å². The minimum Gasteiger partial charge on any atom is -0.493 e. The van der Waals surface area contributed by atoms with E-state index in [1.165, 1.54) is 6.08 Å². The van der Waals surface area contributed by atoms with Gasteiger partial charge in [-0.3, -0.25) is 0 Å². The van der Waals surface area contributed by atoms with Gasteiger partial charge in [-0.15, -0.1) is 0 Å². The molecule has 0 radical (unpaired) electrons. The molecule has 3 aromatic carbocycles. The maximum atomic E-state index is 12.4. The Morgan fingerprint density at radius 1 is 0.903 bits per heavy atom. The lowest BCUT2D eigenvalue weighted by Crippen LogP contribution is -2.05. The number of ether oxygens (including phenoxy) is 3. The third kappa shape index (κ3) is 6.48. The molecule has 31 heavy (non-hydrogen) atoms. The van der Waals surface area contributed by atoms with Gasteiger partial charge in [-0.25, -0.2) is 4.79 Å². The molecule has 0 aliphatic carbocycles. The Morgan fingerprint density at radius 2 is 1.65 bits per heavy atom. The third-order valence-electron chi connectivity index (χ3n) is 4.73. The summed E-state index contributed by atoms with van der Waals surface area (Å²) >= 11 is 0. The first-order valence-corrected chi connectivity index (χ1v) is 10.4. The highest BCUT2D eigenvalue weighted by Gasteiger charge is 2.09. The van der Waals surface area contributed by atoms with E-state index in [4.69, 9.17) is 14.2 Å². The minimum atomic E-state index is -0.445. The smallest absolute Gasteiger partial charge is 0.336 e. The lowest BCUT2D eigenvalue weighted by molar-refractivity contribution is -0.128. The number of para-hydroxylation sites is 1. The van der Waals surface area contributed by atoms with Gasteiger partial charge in [0.2, 0.25) is 0 Å². The van der Waals surface area contributed by atoms with Crippen LogP contribution in [0.4, 0.5) is 0 Å². The molecule has 160 valence electrons. The fourth-order valence-electron chi connectivity index (χ4n) is 3.03. The summed E-state index contributed by atoms with van der Waals surface area (Å²) < 4.78 is 16.8. The predicted octanol–water partition coefficient (Wildman–Crippen LogP) is 6.41. The molecule has 0 heterocycles. The van der Waals surface area contributed by atoms with Gasteiger partial charge in [-0.05, 0) is 47.7 Å². The summed E-state index contributed by atoms with van der Waals surface area (Å²) in [5, 5.41) is 0. The summed E-state index contributed by atoms with van der Waals surface area (Å²) in [6.45, 7) is 4.95. The predicted molar refractivity (Wildman–Crippen MR) is 124 cm³/mol. The van der Waals surface area contributed by atoms with E-state index in [1.54, 1.807) is 19.3 Å². The van der Waals surface area contributed by atoms with E-state index in [0.29, 0.717) is 29.8 Å². The van der Waals surface area contributed by atoms with Crippen molar-refractivity contribution in [2.24, 2.45) is 5.92 Å². The summed E-state index contributed by atoms with van der Waals surface area (Å²) in [5.74, 6) is 1.98. The molecular formula is C27H28O4. The molecule has 0 aliphatic rings. The van der Waals surface area contributed by atoms with Crippen LogP contribution < -0.4 is 14.2 Å². The van der Waals surface area contributed by atoms with Gasteiger partial charge >= 0.3 is 5.97 Å². The van der Waals surface area contributed by atoms with Gasteiger partial charge in [-0.1, -0.05) is 68.4 Å². The maximum absolute atomic E-state index is 12.4. The summed E-state index contributed by atoms with van der Waals surface area (Å²) in [6.07, 6.45) is 4.09. The van der Waals surface area contributed by atoms with Crippen molar-refractivity contribution in [1.82, 2.24) is 0 Å². The standard InChI is InChI=1S/C27H28O4/c1-20(2)17-18-30-25-15-13-21(19-26(25)29-3)14-16-27(28)31-24-12-8-7-11-23(24)22-9-5-4-6-10-22/h4-16,19-20H,17-18H2,1-3H3/b16-14+. The highest BCUT2D eigenvalue weighted by atomic mass is 16.5. The average molecular weight is 417 g/mol. The van der Waals surface area contributed by atoms with Gasteiger partial charge in [0.25, 0.3) is 0 Å². The number of carbonyl (C=O) groups is 1. The van der Waals surface area contributed by atoms with Crippen LogP contribution in [0, 0.1) is 5.92 Å². The zero-order valence-electron chi connectivity index (χ0n) is 18.2.